The zero-order valence-corrected chi connectivity index (χ0v) is 11.7. The molecule has 0 saturated carbocycles. The van der Waals surface area contributed by atoms with Crippen LogP contribution >= 0.6 is 0 Å². The third-order valence-electron chi connectivity index (χ3n) is 4.24. The van der Waals surface area contributed by atoms with E-state index in [1.54, 1.807) is 15.8 Å². The normalized spacial score (nSPS) is 23.4. The van der Waals surface area contributed by atoms with E-state index in [1.165, 1.54) is 0 Å². The van der Waals surface area contributed by atoms with Crippen LogP contribution in [0.4, 0.5) is 0 Å². The zero-order chi connectivity index (χ0) is 14.8. The molecular formula is C13H19N5O3. The molecule has 1 aromatic rings. The highest BCUT2D eigenvalue weighted by Gasteiger charge is 2.32. The molecule has 0 aromatic carbocycles. The van der Waals surface area contributed by atoms with E-state index >= 15 is 0 Å². The molecule has 3 heterocycles. The molecule has 2 N–H and O–H groups in total. The molecule has 1 atom stereocenters. The number of hydrogen-bond donors (Lipinski definition) is 2. The number of carboxylic acids is 1. The van der Waals surface area contributed by atoms with Gasteiger partial charge in [-0.1, -0.05) is 5.21 Å². The second-order valence-corrected chi connectivity index (χ2v) is 5.64. The van der Waals surface area contributed by atoms with E-state index in [-0.39, 0.29) is 18.5 Å². The number of hydrogen-bond acceptors (Lipinski definition) is 5. The van der Waals surface area contributed by atoms with Crippen molar-refractivity contribution >= 4 is 11.9 Å². The van der Waals surface area contributed by atoms with Gasteiger partial charge in [0, 0.05) is 13.1 Å². The molecule has 8 heteroatoms. The number of nitrogens with one attached hydrogen (secondary N) is 1. The van der Waals surface area contributed by atoms with E-state index in [0.29, 0.717) is 18.7 Å². The number of carbonyl (C=O) groups is 2. The molecule has 0 bridgehead atoms. The van der Waals surface area contributed by atoms with Crippen LogP contribution in [0.25, 0.3) is 0 Å². The first-order valence-electron chi connectivity index (χ1n) is 7.30. The van der Waals surface area contributed by atoms with Gasteiger partial charge in [-0.05, 0) is 32.4 Å². The summed E-state index contributed by atoms with van der Waals surface area (Å²) in [5.74, 6) is -1.53. The molecule has 2 aliphatic rings. The van der Waals surface area contributed by atoms with Crippen molar-refractivity contribution in [2.24, 2.45) is 5.92 Å². The number of piperidine rings is 1. The number of aliphatic carboxylic acids is 1. The highest BCUT2D eigenvalue weighted by molar-refractivity contribution is 5.92. The molecule has 2 aliphatic heterocycles. The molecule has 2 saturated heterocycles. The van der Waals surface area contributed by atoms with Crippen molar-refractivity contribution in [1.29, 1.82) is 0 Å². The fourth-order valence-electron chi connectivity index (χ4n) is 2.93. The number of carbonyl (C=O) groups excluding carboxylic acids is 1. The fraction of sp³-hybridized carbons (Fsp3) is 0.692. The Kier molecular flexibility index (Phi) is 3.87. The van der Waals surface area contributed by atoms with Crippen molar-refractivity contribution in [3.63, 3.8) is 0 Å². The smallest absolute Gasteiger partial charge is 0.308 e. The molecular weight excluding hydrogens is 274 g/mol. The molecule has 1 aromatic heterocycles. The first-order chi connectivity index (χ1) is 10.1. The van der Waals surface area contributed by atoms with Crippen LogP contribution in [-0.2, 0) is 4.79 Å². The molecule has 21 heavy (non-hydrogen) atoms. The topological polar surface area (TPSA) is 100 Å². The van der Waals surface area contributed by atoms with E-state index in [4.69, 9.17) is 5.11 Å². The van der Waals surface area contributed by atoms with Gasteiger partial charge in [-0.25, -0.2) is 4.68 Å². The summed E-state index contributed by atoms with van der Waals surface area (Å²) in [5.41, 5.74) is 0.305. The Bertz CT molecular complexity index is 538. The zero-order valence-electron chi connectivity index (χ0n) is 11.7. The minimum atomic E-state index is -0.844. The highest BCUT2D eigenvalue weighted by Crippen LogP contribution is 2.20. The average Bonchev–Trinajstić information content (AvgIpc) is 3.17. The third kappa shape index (κ3) is 2.90. The Hall–Kier alpha value is -1.96. The van der Waals surface area contributed by atoms with E-state index in [9.17, 15) is 9.59 Å². The average molecular weight is 293 g/mol. The van der Waals surface area contributed by atoms with Gasteiger partial charge >= 0.3 is 5.97 Å². The summed E-state index contributed by atoms with van der Waals surface area (Å²) >= 11 is 0. The van der Waals surface area contributed by atoms with E-state index < -0.39 is 11.9 Å². The van der Waals surface area contributed by atoms with Crippen LogP contribution in [0.3, 0.4) is 0 Å². The van der Waals surface area contributed by atoms with Crippen molar-refractivity contribution in [2.75, 3.05) is 26.2 Å². The molecule has 0 spiro atoms. The summed E-state index contributed by atoms with van der Waals surface area (Å²) in [6, 6.07) is 0.283. The molecule has 0 aliphatic carbocycles. The van der Waals surface area contributed by atoms with Crippen LogP contribution in [0.5, 0.6) is 0 Å². The number of nitrogens with zero attached hydrogens (tertiary/aromatic N) is 4. The maximum Gasteiger partial charge on any atom is 0.308 e. The monoisotopic (exact) mass is 293 g/mol. The van der Waals surface area contributed by atoms with Crippen LogP contribution in [0.15, 0.2) is 6.20 Å². The number of aromatic nitrogens is 3. The summed E-state index contributed by atoms with van der Waals surface area (Å²) in [4.78, 5) is 24.8. The summed E-state index contributed by atoms with van der Waals surface area (Å²) in [6.07, 6.45) is 4.14. The van der Waals surface area contributed by atoms with Gasteiger partial charge in [-0.3, -0.25) is 9.59 Å². The van der Waals surface area contributed by atoms with Gasteiger partial charge in [-0.15, -0.1) is 5.10 Å². The van der Waals surface area contributed by atoms with E-state index in [0.717, 1.165) is 25.9 Å². The summed E-state index contributed by atoms with van der Waals surface area (Å²) < 4.78 is 1.76. The SMILES string of the molecule is O=C(O)C1CCN(C(=O)c2cn(C3CCNCC3)nn2)C1. The van der Waals surface area contributed by atoms with Crippen molar-refractivity contribution in [3.8, 4) is 0 Å². The molecule has 3 rings (SSSR count). The standard InChI is InChI=1S/C13H19N5O3/c19-12(17-6-3-9(7-17)13(20)21)11-8-18(16-15-11)10-1-4-14-5-2-10/h8-10,14H,1-7H2,(H,20,21). The minimum Gasteiger partial charge on any atom is -0.481 e. The molecule has 8 nitrogen and oxygen atoms in total. The van der Waals surface area contributed by atoms with E-state index in [1.807, 2.05) is 0 Å². The molecule has 1 unspecified atom stereocenters. The summed E-state index contributed by atoms with van der Waals surface area (Å²) in [5, 5.41) is 20.3. The van der Waals surface area contributed by atoms with Gasteiger partial charge in [-0.2, -0.15) is 0 Å². The summed E-state index contributed by atoms with van der Waals surface area (Å²) in [6.45, 7) is 2.62. The molecule has 0 radical (unpaired) electrons. The van der Waals surface area contributed by atoms with Gasteiger partial charge in [0.1, 0.15) is 0 Å². The largest absolute Gasteiger partial charge is 0.481 e. The number of carboxylic acid groups (broad SMARTS) is 1. The fourth-order valence-corrected chi connectivity index (χ4v) is 2.93. The molecule has 114 valence electrons. The third-order valence-corrected chi connectivity index (χ3v) is 4.24. The summed E-state index contributed by atoms with van der Waals surface area (Å²) in [7, 11) is 0. The minimum absolute atomic E-state index is 0.223. The Morgan fingerprint density at radius 3 is 2.71 bits per heavy atom. The van der Waals surface area contributed by atoms with Crippen LogP contribution in [-0.4, -0.2) is 63.1 Å². The van der Waals surface area contributed by atoms with Gasteiger partial charge in [0.25, 0.3) is 5.91 Å². The van der Waals surface area contributed by atoms with Crippen LogP contribution in [0.1, 0.15) is 35.8 Å². The lowest BCUT2D eigenvalue weighted by Crippen LogP contribution is -2.30. The number of likely N-dealkylation sites (tertiary alicyclic amines) is 1. The maximum absolute atomic E-state index is 12.3. The Labute approximate surface area is 122 Å². The van der Waals surface area contributed by atoms with Crippen LogP contribution in [0, 0.1) is 5.92 Å². The van der Waals surface area contributed by atoms with Crippen molar-refractivity contribution in [1.82, 2.24) is 25.2 Å². The van der Waals surface area contributed by atoms with Crippen molar-refractivity contribution in [2.45, 2.75) is 25.3 Å². The lowest BCUT2D eigenvalue weighted by molar-refractivity contribution is -0.141. The van der Waals surface area contributed by atoms with Crippen LogP contribution < -0.4 is 5.32 Å². The lowest BCUT2D eigenvalue weighted by Gasteiger charge is -2.22. The molecule has 2 fully saturated rings. The maximum atomic E-state index is 12.3. The van der Waals surface area contributed by atoms with Crippen molar-refractivity contribution in [3.05, 3.63) is 11.9 Å². The van der Waals surface area contributed by atoms with Crippen LogP contribution in [0.2, 0.25) is 0 Å². The highest BCUT2D eigenvalue weighted by atomic mass is 16.4. The van der Waals surface area contributed by atoms with Gasteiger partial charge in [0.05, 0.1) is 18.2 Å². The predicted octanol–water partition coefficient (Wildman–Crippen LogP) is -0.251. The second kappa shape index (κ2) is 5.80. The first kappa shape index (κ1) is 14.0. The first-order valence-corrected chi connectivity index (χ1v) is 7.30. The Morgan fingerprint density at radius 2 is 2.05 bits per heavy atom. The van der Waals surface area contributed by atoms with Gasteiger partial charge in [0.2, 0.25) is 0 Å². The molecule has 1 amide bonds. The van der Waals surface area contributed by atoms with Gasteiger partial charge < -0.3 is 15.3 Å². The quantitative estimate of drug-likeness (QED) is 0.797. The number of amides is 1. The number of rotatable bonds is 3. The van der Waals surface area contributed by atoms with Crippen molar-refractivity contribution < 1.29 is 14.7 Å². The van der Waals surface area contributed by atoms with Gasteiger partial charge in [0.15, 0.2) is 5.69 Å². The predicted molar refractivity (Wildman–Crippen MR) is 72.8 cm³/mol. The Morgan fingerprint density at radius 1 is 1.29 bits per heavy atom. The van der Waals surface area contributed by atoms with E-state index in [2.05, 4.69) is 15.6 Å². The lowest BCUT2D eigenvalue weighted by atomic mass is 10.1. The Balaban J connectivity index is 1.65. The second-order valence-electron chi connectivity index (χ2n) is 5.64.